The van der Waals surface area contributed by atoms with Crippen LogP contribution in [0.1, 0.15) is 16.8 Å². The molecule has 0 aliphatic carbocycles. The Kier molecular flexibility index (Phi) is 3.83. The maximum Gasteiger partial charge on any atom is 0.338 e. The second kappa shape index (κ2) is 5.55. The summed E-state index contributed by atoms with van der Waals surface area (Å²) in [5.74, 6) is -2.46. The van der Waals surface area contributed by atoms with Crippen molar-refractivity contribution in [3.63, 3.8) is 0 Å². The number of anilines is 1. The summed E-state index contributed by atoms with van der Waals surface area (Å²) in [6, 6.07) is 2.36. The van der Waals surface area contributed by atoms with E-state index in [-0.39, 0.29) is 24.1 Å². The van der Waals surface area contributed by atoms with Gasteiger partial charge in [0.05, 0.1) is 11.6 Å². The highest BCUT2D eigenvalue weighted by atomic mass is 19.1. The third-order valence-corrected chi connectivity index (χ3v) is 2.77. The summed E-state index contributed by atoms with van der Waals surface area (Å²) < 4.78 is 13.4. The lowest BCUT2D eigenvalue weighted by atomic mass is 10.2. The van der Waals surface area contributed by atoms with Gasteiger partial charge in [-0.2, -0.15) is 0 Å². The summed E-state index contributed by atoms with van der Waals surface area (Å²) in [5, 5.41) is 16.1. The zero-order valence-electron chi connectivity index (χ0n) is 10.3. The molecule has 106 valence electrons. The Hall–Kier alpha value is -2.64. The van der Waals surface area contributed by atoms with Crippen molar-refractivity contribution in [2.45, 2.75) is 12.5 Å². The van der Waals surface area contributed by atoms with Crippen LogP contribution in [0.4, 0.5) is 14.9 Å². The fourth-order valence-corrected chi connectivity index (χ4v) is 1.83. The molecule has 1 unspecified atom stereocenters. The third kappa shape index (κ3) is 3.22. The maximum atomic E-state index is 13.4. The number of hydrogen-bond donors (Lipinski definition) is 4. The number of amides is 3. The van der Waals surface area contributed by atoms with Crippen molar-refractivity contribution in [3.05, 3.63) is 29.6 Å². The number of hydrogen-bond acceptors (Lipinski definition) is 3. The predicted octanol–water partition coefficient (Wildman–Crippen LogP) is 0.534. The Morgan fingerprint density at radius 1 is 1.40 bits per heavy atom. The molecule has 0 saturated carbocycles. The molecular formula is C12H12FN3O4. The lowest BCUT2D eigenvalue weighted by molar-refractivity contribution is -0.119. The van der Waals surface area contributed by atoms with E-state index in [0.717, 1.165) is 12.1 Å². The van der Waals surface area contributed by atoms with Crippen LogP contribution in [0, 0.1) is 5.82 Å². The number of carboxylic acids is 1. The van der Waals surface area contributed by atoms with Crippen LogP contribution in [0.25, 0.3) is 0 Å². The molecule has 20 heavy (non-hydrogen) atoms. The van der Waals surface area contributed by atoms with E-state index in [1.54, 1.807) is 0 Å². The zero-order chi connectivity index (χ0) is 14.7. The summed E-state index contributed by atoms with van der Waals surface area (Å²) in [4.78, 5) is 33.2. The number of benzene rings is 1. The second-order valence-corrected chi connectivity index (χ2v) is 4.30. The number of carbonyl (C=O) groups is 3. The van der Waals surface area contributed by atoms with Gasteiger partial charge in [-0.1, -0.05) is 0 Å². The monoisotopic (exact) mass is 281 g/mol. The van der Waals surface area contributed by atoms with Gasteiger partial charge < -0.3 is 21.1 Å². The lowest BCUT2D eigenvalue weighted by Crippen LogP contribution is -2.39. The van der Waals surface area contributed by atoms with E-state index in [2.05, 4.69) is 16.0 Å². The van der Waals surface area contributed by atoms with E-state index in [9.17, 15) is 18.8 Å². The number of rotatable bonds is 3. The number of urea groups is 1. The minimum Gasteiger partial charge on any atom is -0.478 e. The minimum absolute atomic E-state index is 0.127. The molecule has 4 N–H and O–H groups in total. The first-order chi connectivity index (χ1) is 9.45. The van der Waals surface area contributed by atoms with Crippen molar-refractivity contribution >= 4 is 23.6 Å². The van der Waals surface area contributed by atoms with Crippen LogP contribution in [-0.4, -0.2) is 35.6 Å². The molecule has 1 aliphatic heterocycles. The number of halogens is 1. The fraction of sp³-hybridized carbons (Fsp3) is 0.250. The van der Waals surface area contributed by atoms with Crippen LogP contribution in [0.3, 0.4) is 0 Å². The molecule has 1 heterocycles. The Labute approximate surface area is 113 Å². The molecule has 0 aromatic heterocycles. The molecule has 0 radical (unpaired) electrons. The molecule has 1 saturated heterocycles. The topological polar surface area (TPSA) is 108 Å². The van der Waals surface area contributed by atoms with Gasteiger partial charge in [0.15, 0.2) is 0 Å². The van der Waals surface area contributed by atoms with E-state index in [4.69, 9.17) is 5.11 Å². The Morgan fingerprint density at radius 3 is 2.70 bits per heavy atom. The van der Waals surface area contributed by atoms with Gasteiger partial charge in [-0.3, -0.25) is 4.79 Å². The first kappa shape index (κ1) is 13.8. The van der Waals surface area contributed by atoms with E-state index in [1.165, 1.54) is 6.07 Å². The summed E-state index contributed by atoms with van der Waals surface area (Å²) in [7, 11) is 0. The van der Waals surface area contributed by atoms with Crippen molar-refractivity contribution in [2.24, 2.45) is 0 Å². The second-order valence-electron chi connectivity index (χ2n) is 4.30. The molecule has 2 rings (SSSR count). The molecular weight excluding hydrogens is 269 g/mol. The summed E-state index contributed by atoms with van der Waals surface area (Å²) >= 11 is 0. The third-order valence-electron chi connectivity index (χ3n) is 2.77. The normalized spacial score (nSPS) is 17.4. The molecule has 7 nitrogen and oxygen atoms in total. The first-order valence-corrected chi connectivity index (χ1v) is 5.83. The van der Waals surface area contributed by atoms with Gasteiger partial charge in [-0.05, 0) is 18.2 Å². The van der Waals surface area contributed by atoms with Crippen LogP contribution in [0.15, 0.2) is 18.2 Å². The highest BCUT2D eigenvalue weighted by Crippen LogP contribution is 2.14. The van der Waals surface area contributed by atoms with Gasteiger partial charge in [0.1, 0.15) is 5.82 Å². The van der Waals surface area contributed by atoms with Gasteiger partial charge in [-0.25, -0.2) is 14.0 Å². The largest absolute Gasteiger partial charge is 0.478 e. The van der Waals surface area contributed by atoms with Crippen LogP contribution in [-0.2, 0) is 4.79 Å². The average molecular weight is 281 g/mol. The Morgan fingerprint density at radius 2 is 2.15 bits per heavy atom. The van der Waals surface area contributed by atoms with Gasteiger partial charge in [0, 0.05) is 18.7 Å². The summed E-state index contributed by atoms with van der Waals surface area (Å²) in [6.07, 6.45) is 0.194. The Bertz CT molecular complexity index is 576. The molecule has 1 aliphatic rings. The smallest absolute Gasteiger partial charge is 0.338 e. The summed E-state index contributed by atoms with van der Waals surface area (Å²) in [5.41, 5.74) is -0.344. The first-order valence-electron chi connectivity index (χ1n) is 5.83. The van der Waals surface area contributed by atoms with Crippen molar-refractivity contribution in [1.82, 2.24) is 10.6 Å². The number of carboxylic acid groups (broad SMARTS) is 1. The number of aromatic carboxylic acids is 1. The highest BCUT2D eigenvalue weighted by molar-refractivity contribution is 5.92. The maximum absolute atomic E-state index is 13.4. The molecule has 0 spiro atoms. The van der Waals surface area contributed by atoms with Gasteiger partial charge in [0.2, 0.25) is 5.91 Å². The van der Waals surface area contributed by atoms with Gasteiger partial charge in [-0.15, -0.1) is 0 Å². The van der Waals surface area contributed by atoms with E-state index >= 15 is 0 Å². The van der Waals surface area contributed by atoms with Crippen LogP contribution < -0.4 is 16.0 Å². The Balaban J connectivity index is 1.96. The standard InChI is InChI=1S/C12H12FN3O4/c13-9-3-6(1-2-8(9)11(18)19)15-12(20)16-7-4-10(17)14-5-7/h1-3,7H,4-5H2,(H,14,17)(H,18,19)(H2,15,16,20). The van der Waals surface area contributed by atoms with Crippen molar-refractivity contribution in [1.29, 1.82) is 0 Å². The van der Waals surface area contributed by atoms with Gasteiger partial charge in [0.25, 0.3) is 0 Å². The van der Waals surface area contributed by atoms with E-state index in [1.807, 2.05) is 0 Å². The van der Waals surface area contributed by atoms with Crippen molar-refractivity contribution < 1.29 is 23.9 Å². The molecule has 3 amide bonds. The van der Waals surface area contributed by atoms with Crippen LogP contribution in [0.5, 0.6) is 0 Å². The SMILES string of the molecule is O=C1CC(NC(=O)Nc2ccc(C(=O)O)c(F)c2)CN1. The zero-order valence-corrected chi connectivity index (χ0v) is 10.3. The molecule has 1 aromatic carbocycles. The fourth-order valence-electron chi connectivity index (χ4n) is 1.83. The quantitative estimate of drug-likeness (QED) is 0.648. The molecule has 0 bridgehead atoms. The predicted molar refractivity (Wildman–Crippen MR) is 66.9 cm³/mol. The molecule has 8 heteroatoms. The van der Waals surface area contributed by atoms with Crippen LogP contribution in [0.2, 0.25) is 0 Å². The van der Waals surface area contributed by atoms with E-state index in [0.29, 0.717) is 6.54 Å². The highest BCUT2D eigenvalue weighted by Gasteiger charge is 2.22. The van der Waals surface area contributed by atoms with E-state index < -0.39 is 23.4 Å². The molecule has 1 aromatic rings. The minimum atomic E-state index is -1.38. The molecule has 1 fully saturated rings. The molecule has 1 atom stereocenters. The average Bonchev–Trinajstić information content (AvgIpc) is 2.74. The number of carbonyl (C=O) groups excluding carboxylic acids is 2. The van der Waals surface area contributed by atoms with Crippen molar-refractivity contribution in [3.8, 4) is 0 Å². The lowest BCUT2D eigenvalue weighted by Gasteiger charge is -2.12. The van der Waals surface area contributed by atoms with Gasteiger partial charge >= 0.3 is 12.0 Å². The summed E-state index contributed by atoms with van der Waals surface area (Å²) in [6.45, 7) is 0.346. The number of nitrogens with one attached hydrogen (secondary N) is 3. The van der Waals surface area contributed by atoms with Crippen molar-refractivity contribution in [2.75, 3.05) is 11.9 Å². The van der Waals surface area contributed by atoms with Crippen LogP contribution >= 0.6 is 0 Å².